The first kappa shape index (κ1) is 32.7. The van der Waals surface area contributed by atoms with Gasteiger partial charge in [-0.15, -0.1) is 0 Å². The quantitative estimate of drug-likeness (QED) is 0.196. The third kappa shape index (κ3) is 6.90. The van der Waals surface area contributed by atoms with E-state index in [4.69, 9.17) is 4.98 Å². The maximum atomic E-state index is 11.5. The van der Waals surface area contributed by atoms with E-state index < -0.39 is 5.97 Å². The topological polar surface area (TPSA) is 92.7 Å². The zero-order valence-electron chi connectivity index (χ0n) is 28.9. The summed E-state index contributed by atoms with van der Waals surface area (Å²) in [6.45, 7) is 16.5. The van der Waals surface area contributed by atoms with Crippen LogP contribution in [0.2, 0.25) is 0 Å². The summed E-state index contributed by atoms with van der Waals surface area (Å²) in [6, 6.07) is 21.5. The number of anilines is 2. The molecule has 3 aromatic carbocycles. The highest BCUT2D eigenvalue weighted by Gasteiger charge is 2.28. The molecule has 1 aromatic heterocycles. The third-order valence-electron chi connectivity index (χ3n) is 9.93. The summed E-state index contributed by atoms with van der Waals surface area (Å²) < 4.78 is 0. The Morgan fingerprint density at radius 3 is 1.70 bits per heavy atom. The number of carboxylic acid groups (broad SMARTS) is 1. The smallest absolute Gasteiger partial charge is 0.306 e. The molecule has 2 aliphatic rings. The Hall–Kier alpha value is -4.26. The summed E-state index contributed by atoms with van der Waals surface area (Å²) in [5, 5.41) is 20.8. The summed E-state index contributed by atoms with van der Waals surface area (Å²) >= 11 is 0. The summed E-state index contributed by atoms with van der Waals surface area (Å²) in [5.74, 6) is 0.183. The van der Waals surface area contributed by atoms with Gasteiger partial charge in [-0.05, 0) is 79.3 Å². The van der Waals surface area contributed by atoms with Crippen molar-refractivity contribution in [1.82, 2.24) is 9.97 Å². The molecule has 47 heavy (non-hydrogen) atoms. The van der Waals surface area contributed by atoms with Crippen LogP contribution in [0, 0.1) is 5.92 Å². The number of aliphatic carboxylic acids is 1. The number of aromatic amines is 1. The predicted octanol–water partition coefficient (Wildman–Crippen LogP) is 9.00. The number of hydrogen-bond acceptors (Lipinski definition) is 5. The van der Waals surface area contributed by atoms with Crippen LogP contribution in [0.15, 0.2) is 60.7 Å². The lowest BCUT2D eigenvalue weighted by Gasteiger charge is -2.32. The zero-order valence-corrected chi connectivity index (χ0v) is 28.9. The molecule has 0 radical (unpaired) electrons. The Kier molecular flexibility index (Phi) is 8.86. The fourth-order valence-electron chi connectivity index (χ4n) is 7.05. The van der Waals surface area contributed by atoms with Gasteiger partial charge in [0.2, 0.25) is 0 Å². The Morgan fingerprint density at radius 2 is 1.21 bits per heavy atom. The van der Waals surface area contributed by atoms with Gasteiger partial charge in [-0.2, -0.15) is 0 Å². The number of rotatable bonds is 6. The molecule has 2 saturated heterocycles. The molecule has 0 atom stereocenters. The second kappa shape index (κ2) is 12.7. The lowest BCUT2D eigenvalue weighted by atomic mass is 9.78. The molecule has 0 unspecified atom stereocenters. The van der Waals surface area contributed by atoms with Gasteiger partial charge in [-0.25, -0.2) is 4.98 Å². The summed E-state index contributed by atoms with van der Waals surface area (Å²) in [6.07, 6.45) is 5.11. The Morgan fingerprint density at radius 1 is 0.723 bits per heavy atom. The van der Waals surface area contributed by atoms with Crippen molar-refractivity contribution in [1.29, 1.82) is 0 Å². The predicted molar refractivity (Wildman–Crippen MR) is 193 cm³/mol. The Labute approximate surface area is 279 Å². The fraction of sp³-hybridized carbons (Fsp3) is 0.450. The van der Waals surface area contributed by atoms with E-state index in [1.54, 1.807) is 0 Å². The van der Waals surface area contributed by atoms with Crippen molar-refractivity contribution >= 4 is 17.3 Å². The summed E-state index contributed by atoms with van der Waals surface area (Å²) in [4.78, 5) is 25.2. The van der Waals surface area contributed by atoms with Crippen molar-refractivity contribution in [3.05, 3.63) is 71.8 Å². The molecule has 0 bridgehead atoms. The van der Waals surface area contributed by atoms with E-state index in [1.807, 2.05) is 0 Å². The molecule has 7 heteroatoms. The van der Waals surface area contributed by atoms with Crippen molar-refractivity contribution < 1.29 is 15.0 Å². The normalized spacial score (nSPS) is 16.5. The van der Waals surface area contributed by atoms with Gasteiger partial charge in [0.1, 0.15) is 11.6 Å². The average molecular weight is 635 g/mol. The highest BCUT2D eigenvalue weighted by molar-refractivity contribution is 5.83. The molecule has 7 nitrogen and oxygen atoms in total. The first-order valence-corrected chi connectivity index (χ1v) is 17.2. The van der Waals surface area contributed by atoms with Crippen molar-refractivity contribution in [2.24, 2.45) is 5.92 Å². The number of benzene rings is 3. The number of carbonyl (C=O) groups is 1. The second-order valence-corrected chi connectivity index (χ2v) is 15.5. The number of nitrogens with one attached hydrogen (secondary N) is 1. The standard InChI is InChI=1S/C40H50N4O3/c1-39(2,3)32-24-29(25-33(36(32)45)40(4,5)6)37-41-34(26-10-14-30(15-11-26)43-20-8-7-9-21-43)35(42-37)27-12-16-31(17-13-27)44-22-18-28(19-23-44)38(46)47/h10-17,24-25,28,45H,7-9,18-23H2,1-6H3,(H,41,42)(H,46,47). The van der Waals surface area contributed by atoms with Crippen LogP contribution in [0.1, 0.15) is 84.8 Å². The van der Waals surface area contributed by atoms with Crippen LogP contribution in [0.25, 0.3) is 33.9 Å². The molecule has 0 saturated carbocycles. The third-order valence-corrected chi connectivity index (χ3v) is 9.93. The zero-order chi connectivity index (χ0) is 33.5. The first-order valence-electron chi connectivity index (χ1n) is 17.2. The Bertz CT molecular complexity index is 1680. The number of hydrogen-bond donors (Lipinski definition) is 3. The van der Waals surface area contributed by atoms with E-state index in [0.29, 0.717) is 18.6 Å². The monoisotopic (exact) mass is 634 g/mol. The molecule has 0 spiro atoms. The molecule has 0 aliphatic carbocycles. The van der Waals surface area contributed by atoms with Crippen LogP contribution < -0.4 is 9.80 Å². The number of phenols is 1. The average Bonchev–Trinajstić information content (AvgIpc) is 3.50. The minimum absolute atomic E-state index is 0.253. The number of H-pyrrole nitrogens is 1. The molecular formula is C40H50N4O3. The molecule has 0 amide bonds. The van der Waals surface area contributed by atoms with E-state index >= 15 is 0 Å². The van der Waals surface area contributed by atoms with Crippen LogP contribution >= 0.6 is 0 Å². The Balaban J connectivity index is 1.41. The van der Waals surface area contributed by atoms with Gasteiger partial charge in [-0.1, -0.05) is 65.8 Å². The van der Waals surface area contributed by atoms with Crippen LogP contribution in [0.4, 0.5) is 11.4 Å². The number of aromatic nitrogens is 2. The largest absolute Gasteiger partial charge is 0.507 e. The first-order chi connectivity index (χ1) is 22.3. The molecular weight excluding hydrogens is 584 g/mol. The van der Waals surface area contributed by atoms with E-state index in [2.05, 4.69) is 117 Å². The van der Waals surface area contributed by atoms with E-state index in [-0.39, 0.29) is 16.7 Å². The van der Waals surface area contributed by atoms with Gasteiger partial charge >= 0.3 is 5.97 Å². The van der Waals surface area contributed by atoms with Crippen molar-refractivity contribution in [2.45, 2.75) is 84.5 Å². The van der Waals surface area contributed by atoms with E-state index in [9.17, 15) is 15.0 Å². The van der Waals surface area contributed by atoms with Gasteiger partial charge in [0, 0.05) is 65.4 Å². The molecule has 248 valence electrons. The number of piperidine rings is 2. The minimum atomic E-state index is -0.690. The van der Waals surface area contributed by atoms with Gasteiger partial charge in [-0.3, -0.25) is 4.79 Å². The van der Waals surface area contributed by atoms with Crippen molar-refractivity contribution in [3.8, 4) is 39.7 Å². The maximum absolute atomic E-state index is 11.5. The molecule has 6 rings (SSSR count). The summed E-state index contributed by atoms with van der Waals surface area (Å²) in [7, 11) is 0. The van der Waals surface area contributed by atoms with E-state index in [1.165, 1.54) is 24.9 Å². The number of phenolic OH excluding ortho intramolecular Hbond substituents is 1. The molecule has 3 N–H and O–H groups in total. The minimum Gasteiger partial charge on any atom is -0.507 e. The number of carboxylic acids is 1. The van der Waals surface area contributed by atoms with Crippen molar-refractivity contribution in [3.63, 3.8) is 0 Å². The SMILES string of the molecule is CC(C)(C)c1cc(-c2nc(-c3ccc(N4CCCCC4)cc3)c(-c3ccc(N4CCC(C(=O)O)CC4)cc3)[nH]2)cc(C(C)(C)C)c1O. The lowest BCUT2D eigenvalue weighted by molar-refractivity contribution is -0.142. The number of imidazole rings is 1. The number of nitrogens with zero attached hydrogens (tertiary/aromatic N) is 3. The van der Waals surface area contributed by atoms with Gasteiger partial charge in [0.25, 0.3) is 0 Å². The molecule has 3 heterocycles. The fourth-order valence-corrected chi connectivity index (χ4v) is 7.05. The van der Waals surface area contributed by atoms with Crippen LogP contribution in [-0.4, -0.2) is 52.3 Å². The molecule has 2 fully saturated rings. The van der Waals surface area contributed by atoms with Crippen LogP contribution in [0.3, 0.4) is 0 Å². The summed E-state index contributed by atoms with van der Waals surface area (Å²) in [5.41, 5.74) is 8.54. The van der Waals surface area contributed by atoms with Crippen molar-refractivity contribution in [2.75, 3.05) is 36.0 Å². The van der Waals surface area contributed by atoms with Gasteiger partial charge < -0.3 is 25.0 Å². The van der Waals surface area contributed by atoms with E-state index in [0.717, 1.165) is 76.9 Å². The highest BCUT2D eigenvalue weighted by Crippen LogP contribution is 2.43. The van der Waals surface area contributed by atoms with Gasteiger partial charge in [0.05, 0.1) is 17.3 Å². The maximum Gasteiger partial charge on any atom is 0.306 e. The second-order valence-electron chi connectivity index (χ2n) is 15.5. The van der Waals surface area contributed by atoms with Crippen LogP contribution in [0.5, 0.6) is 5.75 Å². The highest BCUT2D eigenvalue weighted by atomic mass is 16.4. The van der Waals surface area contributed by atoms with Gasteiger partial charge in [0.15, 0.2) is 0 Å². The lowest BCUT2D eigenvalue weighted by Crippen LogP contribution is -2.36. The van der Waals surface area contributed by atoms with Crippen LogP contribution in [-0.2, 0) is 15.6 Å². The number of aromatic hydroxyl groups is 1. The molecule has 4 aromatic rings. The molecule has 2 aliphatic heterocycles.